The topological polar surface area (TPSA) is 54.2 Å². The number of aliphatic imine (C=N–C) groups is 1. The van der Waals surface area contributed by atoms with Gasteiger partial charge in [-0.15, -0.1) is 24.0 Å². The summed E-state index contributed by atoms with van der Waals surface area (Å²) in [6.07, 6.45) is 0.937. The lowest BCUT2D eigenvalue weighted by Gasteiger charge is -2.20. The highest BCUT2D eigenvalue weighted by molar-refractivity contribution is 14.0. The van der Waals surface area contributed by atoms with Gasteiger partial charge in [0.25, 0.3) is 0 Å². The number of aromatic nitrogens is 2. The van der Waals surface area contributed by atoms with E-state index in [4.69, 9.17) is 0 Å². The average Bonchev–Trinajstić information content (AvgIpc) is 3.16. The third-order valence-electron chi connectivity index (χ3n) is 4.46. The molecule has 0 amide bonds. The van der Waals surface area contributed by atoms with Crippen LogP contribution >= 0.6 is 35.3 Å². The molecule has 0 bridgehead atoms. The normalized spacial score (nSPS) is 13.9. The number of hydrogen-bond donors (Lipinski definition) is 2. The van der Waals surface area contributed by atoms with Gasteiger partial charge in [0.05, 0.1) is 5.69 Å². The van der Waals surface area contributed by atoms with Gasteiger partial charge in [0, 0.05) is 32.4 Å². The second-order valence-electron chi connectivity index (χ2n) is 6.43. The Labute approximate surface area is 172 Å². The molecule has 5 nitrogen and oxygen atoms in total. The summed E-state index contributed by atoms with van der Waals surface area (Å²) < 4.78 is 1.95. The summed E-state index contributed by atoms with van der Waals surface area (Å²) >= 11 is 1.74. The number of guanidine groups is 1. The van der Waals surface area contributed by atoms with Gasteiger partial charge in [-0.2, -0.15) is 16.4 Å². The number of thiophene rings is 1. The van der Waals surface area contributed by atoms with E-state index in [-0.39, 0.29) is 30.0 Å². The van der Waals surface area contributed by atoms with Crippen LogP contribution in [-0.4, -0.2) is 35.4 Å². The molecule has 0 saturated carbocycles. The molecule has 2 heterocycles. The smallest absolute Gasteiger partial charge is 0.191 e. The van der Waals surface area contributed by atoms with Crippen molar-refractivity contribution in [1.29, 1.82) is 0 Å². The number of nitrogens with one attached hydrogen (secondary N) is 2. The minimum atomic E-state index is 0. The Morgan fingerprint density at radius 1 is 1.36 bits per heavy atom. The van der Waals surface area contributed by atoms with Crippen molar-refractivity contribution < 1.29 is 0 Å². The van der Waals surface area contributed by atoms with Crippen LogP contribution in [0.4, 0.5) is 0 Å². The van der Waals surface area contributed by atoms with Gasteiger partial charge < -0.3 is 10.6 Å². The zero-order valence-electron chi connectivity index (χ0n) is 16.0. The SMILES string of the molecule is CN=C(NCC(C)c1ccsc1)NC(C)Cc1c(C)nn(C)c1C.I. The molecule has 2 rings (SSSR count). The first-order valence-electron chi connectivity index (χ1n) is 8.40. The monoisotopic (exact) mass is 475 g/mol. The van der Waals surface area contributed by atoms with E-state index in [0.29, 0.717) is 5.92 Å². The van der Waals surface area contributed by atoms with E-state index >= 15 is 0 Å². The van der Waals surface area contributed by atoms with Crippen molar-refractivity contribution in [2.45, 2.75) is 46.1 Å². The fourth-order valence-electron chi connectivity index (χ4n) is 2.82. The van der Waals surface area contributed by atoms with Crippen LogP contribution in [0.1, 0.15) is 42.3 Å². The molecule has 2 atom stereocenters. The quantitative estimate of drug-likeness (QED) is 0.381. The molecule has 0 fully saturated rings. The van der Waals surface area contributed by atoms with Gasteiger partial charge >= 0.3 is 0 Å². The Balaban J connectivity index is 0.00000312. The summed E-state index contributed by atoms with van der Waals surface area (Å²) in [5.41, 5.74) is 5.03. The Hall–Kier alpha value is -1.09. The minimum Gasteiger partial charge on any atom is -0.356 e. The number of nitrogens with zero attached hydrogens (tertiary/aromatic N) is 3. The van der Waals surface area contributed by atoms with Gasteiger partial charge in [-0.1, -0.05) is 6.92 Å². The summed E-state index contributed by atoms with van der Waals surface area (Å²) in [6, 6.07) is 2.47. The highest BCUT2D eigenvalue weighted by Gasteiger charge is 2.14. The van der Waals surface area contributed by atoms with E-state index in [1.54, 1.807) is 11.3 Å². The molecule has 140 valence electrons. The number of halogens is 1. The van der Waals surface area contributed by atoms with E-state index in [1.165, 1.54) is 16.8 Å². The molecule has 0 spiro atoms. The van der Waals surface area contributed by atoms with Crippen LogP contribution < -0.4 is 10.6 Å². The second-order valence-corrected chi connectivity index (χ2v) is 7.21. The molecule has 2 aromatic heterocycles. The zero-order chi connectivity index (χ0) is 17.7. The van der Waals surface area contributed by atoms with Gasteiger partial charge in [0.15, 0.2) is 5.96 Å². The van der Waals surface area contributed by atoms with Gasteiger partial charge in [-0.25, -0.2) is 0 Å². The molecule has 25 heavy (non-hydrogen) atoms. The maximum Gasteiger partial charge on any atom is 0.191 e. The lowest BCUT2D eigenvalue weighted by molar-refractivity contribution is 0.624. The van der Waals surface area contributed by atoms with E-state index in [9.17, 15) is 0 Å². The predicted octanol–water partition coefficient (Wildman–Crippen LogP) is 3.62. The highest BCUT2D eigenvalue weighted by Crippen LogP contribution is 2.17. The molecule has 7 heteroatoms. The molecule has 0 radical (unpaired) electrons. The van der Waals surface area contributed by atoms with E-state index in [2.05, 4.69) is 65.2 Å². The Bertz CT molecular complexity index is 678. The maximum absolute atomic E-state index is 4.49. The fraction of sp³-hybridized carbons (Fsp3) is 0.556. The molecule has 2 unspecified atom stereocenters. The van der Waals surface area contributed by atoms with Crippen molar-refractivity contribution >= 4 is 41.3 Å². The second kappa shape index (κ2) is 10.2. The van der Waals surface area contributed by atoms with Crippen molar-refractivity contribution in [2.24, 2.45) is 12.0 Å². The molecular weight excluding hydrogens is 445 g/mol. The molecule has 2 N–H and O–H groups in total. The van der Waals surface area contributed by atoms with Crippen LogP contribution in [0.15, 0.2) is 21.8 Å². The number of hydrogen-bond acceptors (Lipinski definition) is 3. The summed E-state index contributed by atoms with van der Waals surface area (Å²) in [7, 11) is 3.81. The van der Waals surface area contributed by atoms with Crippen LogP contribution in [0.5, 0.6) is 0 Å². The summed E-state index contributed by atoms with van der Waals surface area (Å²) in [5.74, 6) is 1.32. The lowest BCUT2D eigenvalue weighted by atomic mass is 10.1. The van der Waals surface area contributed by atoms with Crippen molar-refractivity contribution in [3.63, 3.8) is 0 Å². The van der Waals surface area contributed by atoms with Gasteiger partial charge in [0.1, 0.15) is 0 Å². The standard InChI is InChI=1S/C18H29N5S.HI/c1-12(16-7-8-24-11-16)10-20-18(19-5)21-13(2)9-17-14(3)22-23(6)15(17)4;/h7-8,11-13H,9-10H2,1-6H3,(H2,19,20,21);1H. The molecule has 0 aliphatic heterocycles. The maximum atomic E-state index is 4.49. The Morgan fingerprint density at radius 3 is 2.60 bits per heavy atom. The van der Waals surface area contributed by atoms with Gasteiger partial charge in [-0.3, -0.25) is 9.67 Å². The largest absolute Gasteiger partial charge is 0.356 e. The summed E-state index contributed by atoms with van der Waals surface area (Å²) in [5, 5.41) is 15.7. The first-order chi connectivity index (χ1) is 11.4. The first-order valence-corrected chi connectivity index (χ1v) is 9.35. The van der Waals surface area contributed by atoms with Crippen LogP contribution in [-0.2, 0) is 13.5 Å². The third kappa shape index (κ3) is 5.99. The van der Waals surface area contributed by atoms with Crippen molar-refractivity contribution in [1.82, 2.24) is 20.4 Å². The average molecular weight is 475 g/mol. The van der Waals surface area contributed by atoms with Gasteiger partial charge in [0.2, 0.25) is 0 Å². The number of aryl methyl sites for hydroxylation is 2. The third-order valence-corrected chi connectivity index (χ3v) is 5.17. The minimum absolute atomic E-state index is 0. The molecule has 0 aliphatic carbocycles. The van der Waals surface area contributed by atoms with E-state index < -0.39 is 0 Å². The van der Waals surface area contributed by atoms with Crippen LogP contribution in [0, 0.1) is 13.8 Å². The lowest BCUT2D eigenvalue weighted by Crippen LogP contribution is -2.44. The first kappa shape index (κ1) is 22.0. The molecule has 0 saturated heterocycles. The predicted molar refractivity (Wildman–Crippen MR) is 118 cm³/mol. The van der Waals surface area contributed by atoms with Crippen molar-refractivity contribution in [3.05, 3.63) is 39.3 Å². The zero-order valence-corrected chi connectivity index (χ0v) is 19.1. The fourth-order valence-corrected chi connectivity index (χ4v) is 3.60. The van der Waals surface area contributed by atoms with Crippen LogP contribution in [0.2, 0.25) is 0 Å². The molecule has 0 aliphatic rings. The summed E-state index contributed by atoms with van der Waals surface area (Å²) in [6.45, 7) is 9.48. The summed E-state index contributed by atoms with van der Waals surface area (Å²) in [4.78, 5) is 4.35. The number of rotatable bonds is 6. The van der Waals surface area contributed by atoms with Crippen LogP contribution in [0.3, 0.4) is 0 Å². The molecular formula is C18H30IN5S. The van der Waals surface area contributed by atoms with E-state index in [0.717, 1.165) is 24.6 Å². The van der Waals surface area contributed by atoms with E-state index in [1.807, 2.05) is 18.8 Å². The van der Waals surface area contributed by atoms with Crippen LogP contribution in [0.25, 0.3) is 0 Å². The highest BCUT2D eigenvalue weighted by atomic mass is 127. The van der Waals surface area contributed by atoms with Gasteiger partial charge in [-0.05, 0) is 61.1 Å². The Morgan fingerprint density at radius 2 is 2.08 bits per heavy atom. The molecule has 2 aromatic rings. The molecule has 0 aromatic carbocycles. The van der Waals surface area contributed by atoms with Crippen molar-refractivity contribution in [2.75, 3.05) is 13.6 Å². The van der Waals surface area contributed by atoms with Crippen molar-refractivity contribution in [3.8, 4) is 0 Å². The Kier molecular flexibility index (Phi) is 8.92.